The lowest BCUT2D eigenvalue weighted by Crippen LogP contribution is -2.42. The highest BCUT2D eigenvalue weighted by molar-refractivity contribution is 7.89. The second kappa shape index (κ2) is 8.94. The molecule has 0 bridgehead atoms. The van der Waals surface area contributed by atoms with E-state index >= 15 is 0 Å². The number of sulfonamides is 1. The molecule has 0 spiro atoms. The summed E-state index contributed by atoms with van der Waals surface area (Å²) in [6.07, 6.45) is 4.37. The summed E-state index contributed by atoms with van der Waals surface area (Å²) in [7, 11) is -3.74. The van der Waals surface area contributed by atoms with E-state index in [-0.39, 0.29) is 30.0 Å². The molecule has 2 aromatic carbocycles. The Kier molecular flexibility index (Phi) is 6.29. The minimum Gasteiger partial charge on any atom is -0.396 e. The van der Waals surface area contributed by atoms with E-state index in [0.717, 1.165) is 36.1 Å². The molecular weight excluding hydrogens is 420 g/mol. The summed E-state index contributed by atoms with van der Waals surface area (Å²) in [5.74, 6) is -0.0507. The fourth-order valence-electron chi connectivity index (χ4n) is 4.21. The molecule has 1 saturated carbocycles. The third kappa shape index (κ3) is 4.32. The van der Waals surface area contributed by atoms with Crippen molar-refractivity contribution in [3.05, 3.63) is 77.4 Å². The van der Waals surface area contributed by atoms with Crippen LogP contribution in [0.4, 0.5) is 0 Å². The predicted molar refractivity (Wildman–Crippen MR) is 119 cm³/mol. The molecule has 1 aliphatic carbocycles. The molecule has 4 rings (SSSR count). The molecule has 5 nitrogen and oxygen atoms in total. The maximum Gasteiger partial charge on any atom is 0.243 e. The zero-order chi connectivity index (χ0) is 21.1. The topological polar surface area (TPSA) is 73.4 Å². The lowest BCUT2D eigenvalue weighted by atomic mass is 10.0. The predicted octanol–water partition coefficient (Wildman–Crippen LogP) is 4.69. The summed E-state index contributed by atoms with van der Waals surface area (Å²) in [5, 5.41) is 10.3. The molecule has 2 atom stereocenters. The van der Waals surface area contributed by atoms with Crippen LogP contribution in [0.15, 0.2) is 71.8 Å². The van der Waals surface area contributed by atoms with Crippen LogP contribution >= 0.6 is 11.6 Å². The Balaban J connectivity index is 1.66. The van der Waals surface area contributed by atoms with Crippen LogP contribution in [0.25, 0.3) is 11.3 Å². The maximum atomic E-state index is 13.5. The molecule has 30 heavy (non-hydrogen) atoms. The van der Waals surface area contributed by atoms with Gasteiger partial charge >= 0.3 is 0 Å². The standard InChI is InChI=1S/C23H25ClN2O3S/c24-20-10-12-21(13-11-20)30(28,29)26(23-5-1-3-19(23)16-27)15-17-6-8-18(9-7-17)22-4-2-14-25-22/h2,4,6-14,19,23,25,27H,1,3,5,15-16H2/t19-,23-/m1/s1. The molecule has 0 saturated heterocycles. The number of aromatic amines is 1. The second-order valence-electron chi connectivity index (χ2n) is 7.73. The third-order valence-corrected chi connectivity index (χ3v) is 7.98. The SMILES string of the molecule is O=S(=O)(c1ccc(Cl)cc1)N(Cc1ccc(-c2ccc[nH]2)cc1)[C@@H]1CCC[C@@H]1CO. The van der Waals surface area contributed by atoms with Crippen LogP contribution in [0.1, 0.15) is 24.8 Å². The molecule has 1 fully saturated rings. The molecule has 0 radical (unpaired) electrons. The van der Waals surface area contributed by atoms with Crippen molar-refractivity contribution in [2.24, 2.45) is 5.92 Å². The number of aliphatic hydroxyl groups is 1. The highest BCUT2D eigenvalue weighted by atomic mass is 35.5. The van der Waals surface area contributed by atoms with E-state index in [1.165, 1.54) is 0 Å². The Bertz CT molecular complexity index is 1060. The van der Waals surface area contributed by atoms with E-state index in [2.05, 4.69) is 4.98 Å². The van der Waals surface area contributed by atoms with Gasteiger partial charge in [0.1, 0.15) is 0 Å². The number of nitrogens with one attached hydrogen (secondary N) is 1. The number of aromatic nitrogens is 1. The molecule has 3 aromatic rings. The van der Waals surface area contributed by atoms with Crippen LogP contribution in [-0.2, 0) is 16.6 Å². The number of halogens is 1. The average molecular weight is 445 g/mol. The third-order valence-electron chi connectivity index (χ3n) is 5.84. The summed E-state index contributed by atoms with van der Waals surface area (Å²) in [5.41, 5.74) is 2.97. The molecular formula is C23H25ClN2O3S. The Morgan fingerprint density at radius 2 is 1.77 bits per heavy atom. The van der Waals surface area contributed by atoms with E-state index in [0.29, 0.717) is 5.02 Å². The monoisotopic (exact) mass is 444 g/mol. The maximum absolute atomic E-state index is 13.5. The van der Waals surface area contributed by atoms with Crippen LogP contribution in [0.5, 0.6) is 0 Å². The smallest absolute Gasteiger partial charge is 0.243 e. The van der Waals surface area contributed by atoms with E-state index in [1.54, 1.807) is 28.6 Å². The van der Waals surface area contributed by atoms with Gasteiger partial charge in [-0.3, -0.25) is 0 Å². The van der Waals surface area contributed by atoms with E-state index in [9.17, 15) is 13.5 Å². The summed E-state index contributed by atoms with van der Waals surface area (Å²) in [4.78, 5) is 3.40. The van der Waals surface area contributed by atoms with Crippen molar-refractivity contribution in [3.8, 4) is 11.3 Å². The summed E-state index contributed by atoms with van der Waals surface area (Å²) in [6.45, 7) is 0.250. The lowest BCUT2D eigenvalue weighted by molar-refractivity contribution is 0.166. The molecule has 1 aromatic heterocycles. The summed E-state index contributed by atoms with van der Waals surface area (Å²) >= 11 is 5.96. The minimum absolute atomic E-state index is 0.0108. The van der Waals surface area contributed by atoms with Gasteiger partial charge in [-0.15, -0.1) is 0 Å². The van der Waals surface area contributed by atoms with Crippen molar-refractivity contribution in [1.29, 1.82) is 0 Å². The summed E-state index contributed by atoms with van der Waals surface area (Å²) in [6, 6.07) is 17.9. The van der Waals surface area contributed by atoms with Gasteiger partial charge in [0.15, 0.2) is 0 Å². The number of benzene rings is 2. The van der Waals surface area contributed by atoms with Gasteiger partial charge < -0.3 is 10.1 Å². The minimum atomic E-state index is -3.74. The fraction of sp³-hybridized carbons (Fsp3) is 0.304. The van der Waals surface area contributed by atoms with Crippen molar-refractivity contribution in [2.75, 3.05) is 6.61 Å². The first-order chi connectivity index (χ1) is 14.5. The van der Waals surface area contributed by atoms with Crippen molar-refractivity contribution in [3.63, 3.8) is 0 Å². The van der Waals surface area contributed by atoms with E-state index in [4.69, 9.17) is 11.6 Å². The normalized spacial score (nSPS) is 19.4. The Labute approximate surface area is 182 Å². The van der Waals surface area contributed by atoms with Crippen LogP contribution in [0.2, 0.25) is 5.02 Å². The van der Waals surface area contributed by atoms with E-state index in [1.807, 2.05) is 42.6 Å². The molecule has 0 aliphatic heterocycles. The van der Waals surface area contributed by atoms with Crippen LogP contribution < -0.4 is 0 Å². The van der Waals surface area contributed by atoms with Gasteiger partial charge in [-0.25, -0.2) is 8.42 Å². The van der Waals surface area contributed by atoms with Crippen molar-refractivity contribution < 1.29 is 13.5 Å². The molecule has 0 amide bonds. The Morgan fingerprint density at radius 1 is 1.03 bits per heavy atom. The second-order valence-corrected chi connectivity index (χ2v) is 10.1. The van der Waals surface area contributed by atoms with Crippen LogP contribution in [0.3, 0.4) is 0 Å². The Morgan fingerprint density at radius 3 is 2.40 bits per heavy atom. The first-order valence-corrected chi connectivity index (χ1v) is 11.9. The molecule has 7 heteroatoms. The number of hydrogen-bond donors (Lipinski definition) is 2. The number of nitrogens with zero attached hydrogens (tertiary/aromatic N) is 1. The molecule has 158 valence electrons. The number of aliphatic hydroxyl groups excluding tert-OH is 1. The largest absolute Gasteiger partial charge is 0.396 e. The lowest BCUT2D eigenvalue weighted by Gasteiger charge is -2.32. The van der Waals surface area contributed by atoms with Gasteiger partial charge in [-0.05, 0) is 66.3 Å². The quantitative estimate of drug-likeness (QED) is 0.555. The van der Waals surface area contributed by atoms with Crippen LogP contribution in [-0.4, -0.2) is 35.5 Å². The molecule has 2 N–H and O–H groups in total. The summed E-state index contributed by atoms with van der Waals surface area (Å²) < 4.78 is 28.7. The van der Waals surface area contributed by atoms with Crippen molar-refractivity contribution in [1.82, 2.24) is 9.29 Å². The van der Waals surface area contributed by atoms with Gasteiger partial charge in [0.25, 0.3) is 0 Å². The van der Waals surface area contributed by atoms with Crippen molar-refractivity contribution >= 4 is 21.6 Å². The van der Waals surface area contributed by atoms with Gasteiger partial charge in [0, 0.05) is 36.1 Å². The average Bonchev–Trinajstić information content (AvgIpc) is 3.44. The first kappa shape index (κ1) is 21.1. The Hall–Kier alpha value is -2.12. The van der Waals surface area contributed by atoms with Crippen molar-refractivity contribution in [2.45, 2.75) is 36.7 Å². The van der Waals surface area contributed by atoms with Gasteiger partial charge in [-0.1, -0.05) is 42.3 Å². The molecule has 1 heterocycles. The zero-order valence-corrected chi connectivity index (χ0v) is 18.1. The first-order valence-electron chi connectivity index (χ1n) is 10.1. The van der Waals surface area contributed by atoms with Gasteiger partial charge in [-0.2, -0.15) is 4.31 Å². The van der Waals surface area contributed by atoms with E-state index < -0.39 is 10.0 Å². The highest BCUT2D eigenvalue weighted by Crippen LogP contribution is 2.35. The van der Waals surface area contributed by atoms with Gasteiger partial charge in [0.2, 0.25) is 10.0 Å². The zero-order valence-electron chi connectivity index (χ0n) is 16.5. The molecule has 1 aliphatic rings. The van der Waals surface area contributed by atoms with Crippen LogP contribution in [0, 0.1) is 5.92 Å². The van der Waals surface area contributed by atoms with Gasteiger partial charge in [0.05, 0.1) is 4.90 Å². The highest BCUT2D eigenvalue weighted by Gasteiger charge is 2.38. The number of H-pyrrole nitrogens is 1. The number of rotatable bonds is 7. The number of hydrogen-bond acceptors (Lipinski definition) is 3. The molecule has 0 unspecified atom stereocenters. The fourth-order valence-corrected chi connectivity index (χ4v) is 6.04.